The first-order valence-corrected chi connectivity index (χ1v) is 9.11. The molecule has 0 spiro atoms. The Bertz CT molecular complexity index is 1140. The van der Waals surface area contributed by atoms with Crippen LogP contribution in [0.25, 0.3) is 11.1 Å². The lowest BCUT2D eigenvalue weighted by Gasteiger charge is -2.11. The molecule has 4 aromatic rings. The summed E-state index contributed by atoms with van der Waals surface area (Å²) in [5, 5.41) is 5.65. The monoisotopic (exact) mass is 382 g/mol. The van der Waals surface area contributed by atoms with E-state index in [2.05, 4.69) is 10.6 Å². The van der Waals surface area contributed by atoms with E-state index in [1.165, 1.54) is 6.26 Å². The number of carbonyl (C=O) groups excluding carboxylic acids is 2. The number of anilines is 2. The van der Waals surface area contributed by atoms with Crippen LogP contribution in [0.3, 0.4) is 0 Å². The van der Waals surface area contributed by atoms with E-state index in [0.29, 0.717) is 16.9 Å². The van der Waals surface area contributed by atoms with Gasteiger partial charge in [0.15, 0.2) is 5.76 Å². The lowest BCUT2D eigenvalue weighted by atomic mass is 9.99. The highest BCUT2D eigenvalue weighted by atomic mass is 16.3. The van der Waals surface area contributed by atoms with Gasteiger partial charge < -0.3 is 15.1 Å². The maximum absolute atomic E-state index is 12.9. The third-order valence-corrected chi connectivity index (χ3v) is 4.38. The highest BCUT2D eigenvalue weighted by Crippen LogP contribution is 2.25. The summed E-state index contributed by atoms with van der Waals surface area (Å²) in [5.41, 5.74) is 3.53. The van der Waals surface area contributed by atoms with E-state index in [9.17, 15) is 9.59 Å². The van der Waals surface area contributed by atoms with Gasteiger partial charge in [0, 0.05) is 16.9 Å². The standard InChI is InChI=1S/C24H18N2O3/c27-23(21-13-5-4-12-20(21)17-8-2-1-3-9-17)25-18-10-6-11-19(16-18)26-24(28)22-14-7-15-29-22/h1-16H,(H,25,27)(H,26,28). The average molecular weight is 382 g/mol. The predicted octanol–water partition coefficient (Wildman–Crippen LogP) is 5.45. The molecule has 0 saturated heterocycles. The van der Waals surface area contributed by atoms with Gasteiger partial charge in [0.05, 0.1) is 6.26 Å². The Morgan fingerprint density at radius 2 is 1.34 bits per heavy atom. The molecule has 0 atom stereocenters. The van der Waals surface area contributed by atoms with Crippen LogP contribution in [0.1, 0.15) is 20.9 Å². The molecule has 0 aliphatic rings. The van der Waals surface area contributed by atoms with Gasteiger partial charge in [0.1, 0.15) is 0 Å². The molecule has 0 fully saturated rings. The van der Waals surface area contributed by atoms with E-state index < -0.39 is 0 Å². The summed E-state index contributed by atoms with van der Waals surface area (Å²) in [6.07, 6.45) is 1.44. The predicted molar refractivity (Wildman–Crippen MR) is 113 cm³/mol. The van der Waals surface area contributed by atoms with Crippen molar-refractivity contribution in [2.75, 3.05) is 10.6 Å². The zero-order valence-corrected chi connectivity index (χ0v) is 15.5. The number of hydrogen-bond donors (Lipinski definition) is 2. The number of amides is 2. The Morgan fingerprint density at radius 3 is 2.07 bits per heavy atom. The lowest BCUT2D eigenvalue weighted by Crippen LogP contribution is -2.14. The van der Waals surface area contributed by atoms with Crippen LogP contribution < -0.4 is 10.6 Å². The molecular weight excluding hydrogens is 364 g/mol. The normalized spacial score (nSPS) is 10.3. The second-order valence-electron chi connectivity index (χ2n) is 6.38. The second kappa shape index (κ2) is 8.27. The Morgan fingerprint density at radius 1 is 0.655 bits per heavy atom. The molecule has 2 N–H and O–H groups in total. The first kappa shape index (κ1) is 18.3. The van der Waals surface area contributed by atoms with Crippen LogP contribution in [0, 0.1) is 0 Å². The first-order chi connectivity index (χ1) is 14.2. The Labute approximate surface area is 168 Å². The minimum Gasteiger partial charge on any atom is -0.459 e. The van der Waals surface area contributed by atoms with Gasteiger partial charge in [-0.2, -0.15) is 0 Å². The molecule has 0 aliphatic heterocycles. The van der Waals surface area contributed by atoms with Gasteiger partial charge >= 0.3 is 0 Å². The molecule has 0 radical (unpaired) electrons. The van der Waals surface area contributed by atoms with Crippen molar-refractivity contribution < 1.29 is 14.0 Å². The van der Waals surface area contributed by atoms with Crippen molar-refractivity contribution in [3.05, 3.63) is 109 Å². The van der Waals surface area contributed by atoms with Crippen LogP contribution in [-0.4, -0.2) is 11.8 Å². The van der Waals surface area contributed by atoms with Crippen LogP contribution in [-0.2, 0) is 0 Å². The first-order valence-electron chi connectivity index (χ1n) is 9.11. The van der Waals surface area contributed by atoms with Crippen LogP contribution in [0.2, 0.25) is 0 Å². The summed E-state index contributed by atoms with van der Waals surface area (Å²) in [6, 6.07) is 27.4. The summed E-state index contributed by atoms with van der Waals surface area (Å²) >= 11 is 0. The van der Waals surface area contributed by atoms with Gasteiger partial charge in [0.25, 0.3) is 11.8 Å². The third-order valence-electron chi connectivity index (χ3n) is 4.38. The van der Waals surface area contributed by atoms with E-state index in [1.807, 2.05) is 48.5 Å². The molecule has 5 nitrogen and oxygen atoms in total. The molecule has 0 saturated carbocycles. The zero-order valence-electron chi connectivity index (χ0n) is 15.5. The van der Waals surface area contributed by atoms with E-state index >= 15 is 0 Å². The van der Waals surface area contributed by atoms with Gasteiger partial charge in [-0.3, -0.25) is 9.59 Å². The topological polar surface area (TPSA) is 71.3 Å². The smallest absolute Gasteiger partial charge is 0.291 e. The van der Waals surface area contributed by atoms with Crippen molar-refractivity contribution in [2.24, 2.45) is 0 Å². The fourth-order valence-electron chi connectivity index (χ4n) is 3.02. The minimum absolute atomic E-state index is 0.219. The van der Waals surface area contributed by atoms with Crippen LogP contribution in [0.15, 0.2) is 102 Å². The maximum Gasteiger partial charge on any atom is 0.291 e. The fourth-order valence-corrected chi connectivity index (χ4v) is 3.02. The quantitative estimate of drug-likeness (QED) is 0.482. The van der Waals surface area contributed by atoms with Crippen molar-refractivity contribution in [1.82, 2.24) is 0 Å². The van der Waals surface area contributed by atoms with Gasteiger partial charge in [-0.25, -0.2) is 0 Å². The highest BCUT2D eigenvalue weighted by molar-refractivity contribution is 6.09. The molecular formula is C24H18N2O3. The number of benzene rings is 3. The number of nitrogens with one attached hydrogen (secondary N) is 2. The third kappa shape index (κ3) is 4.25. The molecule has 142 valence electrons. The Hall–Kier alpha value is -4.12. The maximum atomic E-state index is 12.9. The van der Waals surface area contributed by atoms with Crippen molar-refractivity contribution >= 4 is 23.2 Å². The van der Waals surface area contributed by atoms with Gasteiger partial charge in [-0.1, -0.05) is 54.6 Å². The Kier molecular flexibility index (Phi) is 5.21. The largest absolute Gasteiger partial charge is 0.459 e. The molecule has 0 unspecified atom stereocenters. The zero-order chi connectivity index (χ0) is 20.1. The van der Waals surface area contributed by atoms with Crippen LogP contribution in [0.4, 0.5) is 11.4 Å². The highest BCUT2D eigenvalue weighted by Gasteiger charge is 2.13. The molecule has 2 amide bonds. The van der Waals surface area contributed by atoms with Crippen LogP contribution >= 0.6 is 0 Å². The van der Waals surface area contributed by atoms with E-state index in [-0.39, 0.29) is 17.6 Å². The number of rotatable bonds is 5. The average Bonchev–Trinajstić information content (AvgIpc) is 3.30. The van der Waals surface area contributed by atoms with Crippen molar-refractivity contribution in [1.29, 1.82) is 0 Å². The fraction of sp³-hybridized carbons (Fsp3) is 0. The van der Waals surface area contributed by atoms with Gasteiger partial charge in [0.2, 0.25) is 0 Å². The molecule has 5 heteroatoms. The summed E-state index contributed by atoms with van der Waals surface area (Å²) in [6.45, 7) is 0. The molecule has 0 aliphatic carbocycles. The molecule has 4 rings (SSSR count). The number of carbonyl (C=O) groups is 2. The van der Waals surface area contributed by atoms with Gasteiger partial charge in [-0.05, 0) is 47.5 Å². The molecule has 3 aromatic carbocycles. The Balaban J connectivity index is 1.53. The molecule has 1 heterocycles. The minimum atomic E-state index is -0.354. The molecule has 29 heavy (non-hydrogen) atoms. The molecule has 0 bridgehead atoms. The lowest BCUT2D eigenvalue weighted by molar-refractivity contribution is 0.0995. The number of hydrogen-bond acceptors (Lipinski definition) is 3. The molecule has 1 aromatic heterocycles. The second-order valence-corrected chi connectivity index (χ2v) is 6.38. The number of furan rings is 1. The summed E-state index contributed by atoms with van der Waals surface area (Å²) < 4.78 is 5.09. The van der Waals surface area contributed by atoms with Crippen LogP contribution in [0.5, 0.6) is 0 Å². The van der Waals surface area contributed by atoms with Crippen molar-refractivity contribution in [3.8, 4) is 11.1 Å². The summed E-state index contributed by atoms with van der Waals surface area (Å²) in [4.78, 5) is 25.1. The van der Waals surface area contributed by atoms with Crippen molar-refractivity contribution in [2.45, 2.75) is 0 Å². The summed E-state index contributed by atoms with van der Waals surface area (Å²) in [7, 11) is 0. The van der Waals surface area contributed by atoms with E-state index in [4.69, 9.17) is 4.42 Å². The van der Waals surface area contributed by atoms with E-state index in [1.54, 1.807) is 42.5 Å². The summed E-state index contributed by atoms with van der Waals surface area (Å²) in [5.74, 6) is -0.358. The van der Waals surface area contributed by atoms with Gasteiger partial charge in [-0.15, -0.1) is 0 Å². The SMILES string of the molecule is O=C(Nc1cccc(NC(=O)c2ccccc2-c2ccccc2)c1)c1ccco1. The van der Waals surface area contributed by atoms with Crippen molar-refractivity contribution in [3.63, 3.8) is 0 Å². The van der Waals surface area contributed by atoms with E-state index in [0.717, 1.165) is 11.1 Å².